The van der Waals surface area contributed by atoms with Crippen LogP contribution in [-0.2, 0) is 16.6 Å². The van der Waals surface area contributed by atoms with E-state index < -0.39 is 11.9 Å². The van der Waals surface area contributed by atoms with Gasteiger partial charge in [-0.3, -0.25) is 19.2 Å². The molecule has 1 aromatic carbocycles. The maximum atomic E-state index is 13.4. The smallest absolute Gasteiger partial charge is 0.308 e. The summed E-state index contributed by atoms with van der Waals surface area (Å²) >= 11 is 3.65. The summed E-state index contributed by atoms with van der Waals surface area (Å²) in [6.07, 6.45) is 2.85. The molecule has 5 rings (SSSR count). The van der Waals surface area contributed by atoms with Gasteiger partial charge in [-0.25, -0.2) is 4.98 Å². The minimum Gasteiger partial charge on any atom is -0.481 e. The van der Waals surface area contributed by atoms with Crippen LogP contribution in [0.5, 0.6) is 5.88 Å². The van der Waals surface area contributed by atoms with Gasteiger partial charge in [-0.05, 0) is 92.2 Å². The molecule has 2 atom stereocenters. The predicted molar refractivity (Wildman–Crippen MR) is 149 cm³/mol. The van der Waals surface area contributed by atoms with Gasteiger partial charge < -0.3 is 9.84 Å². The first kappa shape index (κ1) is 26.2. The number of anilines is 2. The third-order valence-corrected chi connectivity index (χ3v) is 8.51. The minimum atomic E-state index is -0.810. The zero-order valence-corrected chi connectivity index (χ0v) is 23.8. The molecule has 2 heterocycles. The Bertz CT molecular complexity index is 1510. The number of carbonyl (C=O) groups excluding carboxylic acids is 1. The molecule has 0 bridgehead atoms. The number of pyridine rings is 1. The number of carbonyl (C=O) groups is 2. The number of nitrogens with zero attached hydrogens (tertiary/aromatic N) is 4. The van der Waals surface area contributed by atoms with Gasteiger partial charge in [-0.1, -0.05) is 35.7 Å². The van der Waals surface area contributed by atoms with Gasteiger partial charge in [0, 0.05) is 11.5 Å². The number of halogens is 1. The van der Waals surface area contributed by atoms with E-state index in [0.29, 0.717) is 36.0 Å². The molecule has 2 saturated carbocycles. The summed E-state index contributed by atoms with van der Waals surface area (Å²) in [7, 11) is 1.81. The van der Waals surface area contributed by atoms with Crippen LogP contribution in [0.1, 0.15) is 63.5 Å². The van der Waals surface area contributed by atoms with Crippen molar-refractivity contribution >= 4 is 50.3 Å². The number of aromatic nitrogens is 3. The van der Waals surface area contributed by atoms with Crippen molar-refractivity contribution in [3.05, 3.63) is 39.9 Å². The lowest BCUT2D eigenvalue weighted by Gasteiger charge is -2.24. The Kier molecular flexibility index (Phi) is 6.72. The number of rotatable bonds is 6. The molecule has 8 nitrogen and oxygen atoms in total. The number of hydrogen-bond acceptors (Lipinski definition) is 5. The van der Waals surface area contributed by atoms with Crippen LogP contribution in [-0.4, -0.2) is 37.9 Å². The second kappa shape index (κ2) is 9.73. The van der Waals surface area contributed by atoms with Crippen LogP contribution in [0.3, 0.4) is 0 Å². The van der Waals surface area contributed by atoms with Crippen LogP contribution in [0.4, 0.5) is 11.5 Å². The van der Waals surface area contributed by atoms with E-state index in [1.54, 1.807) is 22.6 Å². The Morgan fingerprint density at radius 3 is 2.63 bits per heavy atom. The number of aliphatic carboxylic acids is 1. The van der Waals surface area contributed by atoms with E-state index in [1.807, 2.05) is 40.0 Å². The van der Waals surface area contributed by atoms with Gasteiger partial charge in [0.25, 0.3) is 5.88 Å². The number of fused-ring (bicyclic) bond motifs is 1. The van der Waals surface area contributed by atoms with E-state index in [1.165, 1.54) is 0 Å². The molecule has 2 aliphatic carbocycles. The molecule has 2 aliphatic rings. The highest BCUT2D eigenvalue weighted by Crippen LogP contribution is 2.48. The van der Waals surface area contributed by atoms with Crippen molar-refractivity contribution in [1.29, 1.82) is 0 Å². The monoisotopic (exact) mass is 578 g/mol. The second-order valence-corrected chi connectivity index (χ2v) is 11.8. The molecule has 0 spiro atoms. The van der Waals surface area contributed by atoms with Crippen molar-refractivity contribution < 1.29 is 19.4 Å². The number of ether oxygens (including phenoxy) is 1. The SMILES string of the molecule is CC#CC(=O)N(c1ccc2c(n1)c(O[C@H]1C[C@@H](C(=O)O)C(C)(C)C1)nn2C)c1cc(C)c(Br)cc1C1CC1. The summed E-state index contributed by atoms with van der Waals surface area (Å²) in [5, 5.41) is 14.2. The largest absolute Gasteiger partial charge is 0.481 e. The van der Waals surface area contributed by atoms with Gasteiger partial charge in [-0.15, -0.1) is 5.10 Å². The molecule has 38 heavy (non-hydrogen) atoms. The zero-order valence-electron chi connectivity index (χ0n) is 22.2. The highest BCUT2D eigenvalue weighted by Gasteiger charge is 2.46. The molecular formula is C29H31BrN4O4. The molecule has 9 heteroatoms. The molecule has 198 valence electrons. The number of carboxylic acid groups (broad SMARTS) is 1. The Hall–Kier alpha value is -3.38. The molecule has 0 aliphatic heterocycles. The fourth-order valence-corrected chi connectivity index (χ4v) is 5.84. The summed E-state index contributed by atoms with van der Waals surface area (Å²) in [5.74, 6) is 4.91. The molecule has 0 radical (unpaired) electrons. The second-order valence-electron chi connectivity index (χ2n) is 11.0. The van der Waals surface area contributed by atoms with E-state index in [2.05, 4.69) is 38.9 Å². The first-order chi connectivity index (χ1) is 18.0. The van der Waals surface area contributed by atoms with E-state index in [9.17, 15) is 14.7 Å². The molecule has 0 saturated heterocycles. The fourth-order valence-electron chi connectivity index (χ4n) is 5.47. The minimum absolute atomic E-state index is 0.297. The van der Waals surface area contributed by atoms with Gasteiger partial charge in [0.15, 0.2) is 5.52 Å². The van der Waals surface area contributed by atoms with E-state index in [0.717, 1.165) is 39.6 Å². The van der Waals surface area contributed by atoms with Crippen molar-refractivity contribution in [1.82, 2.24) is 14.8 Å². The van der Waals surface area contributed by atoms with Crippen molar-refractivity contribution in [3.63, 3.8) is 0 Å². The summed E-state index contributed by atoms with van der Waals surface area (Å²) in [4.78, 5) is 31.7. The molecule has 1 amide bonds. The highest BCUT2D eigenvalue weighted by molar-refractivity contribution is 9.10. The van der Waals surface area contributed by atoms with Crippen LogP contribution in [0.2, 0.25) is 0 Å². The molecule has 0 unspecified atom stereocenters. The topological polar surface area (TPSA) is 97.6 Å². The Labute approximate surface area is 230 Å². The lowest BCUT2D eigenvalue weighted by molar-refractivity contribution is -0.144. The van der Waals surface area contributed by atoms with Gasteiger partial charge in [-0.2, -0.15) is 0 Å². The number of carboxylic acids is 1. The van der Waals surface area contributed by atoms with Crippen LogP contribution < -0.4 is 9.64 Å². The lowest BCUT2D eigenvalue weighted by atomic mass is 9.82. The summed E-state index contributed by atoms with van der Waals surface area (Å²) in [6, 6.07) is 7.78. The Morgan fingerprint density at radius 2 is 2.00 bits per heavy atom. The molecule has 3 aromatic rings. The molecular weight excluding hydrogens is 548 g/mol. The fraction of sp³-hybridized carbons (Fsp3) is 0.448. The van der Waals surface area contributed by atoms with E-state index in [4.69, 9.17) is 9.72 Å². The van der Waals surface area contributed by atoms with Crippen molar-refractivity contribution in [2.24, 2.45) is 18.4 Å². The first-order valence-corrected chi connectivity index (χ1v) is 13.6. The first-order valence-electron chi connectivity index (χ1n) is 12.8. The maximum Gasteiger partial charge on any atom is 0.308 e. The lowest BCUT2D eigenvalue weighted by Crippen LogP contribution is -2.26. The number of benzene rings is 1. The van der Waals surface area contributed by atoms with Crippen molar-refractivity contribution in [2.45, 2.75) is 65.4 Å². The van der Waals surface area contributed by atoms with Crippen LogP contribution in [0, 0.1) is 30.1 Å². The van der Waals surface area contributed by atoms with Gasteiger partial charge in [0.05, 0.1) is 17.1 Å². The summed E-state index contributed by atoms with van der Waals surface area (Å²) in [5.41, 5.74) is 3.76. The molecule has 2 fully saturated rings. The summed E-state index contributed by atoms with van der Waals surface area (Å²) in [6.45, 7) is 7.55. The zero-order chi connectivity index (χ0) is 27.4. The van der Waals surface area contributed by atoms with E-state index >= 15 is 0 Å². The van der Waals surface area contributed by atoms with Crippen LogP contribution in [0.25, 0.3) is 11.0 Å². The predicted octanol–water partition coefficient (Wildman–Crippen LogP) is 5.87. The highest BCUT2D eigenvalue weighted by atomic mass is 79.9. The quantitative estimate of drug-likeness (QED) is 0.367. The molecule has 2 aromatic heterocycles. The van der Waals surface area contributed by atoms with Crippen molar-refractivity contribution in [3.8, 4) is 17.7 Å². The Morgan fingerprint density at radius 1 is 1.26 bits per heavy atom. The van der Waals surface area contributed by atoms with Gasteiger partial charge >= 0.3 is 11.9 Å². The standard InChI is InChI=1S/C29H31BrN4O4/c1-6-7-25(35)34(23-12-16(2)21(30)14-19(23)17-8-9-17)24-11-10-22-26(31-24)27(32-33(22)5)38-18-13-20(28(36)37)29(3,4)15-18/h10-12,14,17-18,20H,8-9,13,15H2,1-5H3,(H,36,37)/t18-,20-/m0/s1. The van der Waals surface area contributed by atoms with Crippen LogP contribution in [0.15, 0.2) is 28.7 Å². The Balaban J connectivity index is 1.58. The van der Waals surface area contributed by atoms with Crippen molar-refractivity contribution in [2.75, 3.05) is 4.90 Å². The number of amides is 1. The summed E-state index contributed by atoms with van der Waals surface area (Å²) < 4.78 is 8.98. The third-order valence-electron chi connectivity index (χ3n) is 7.65. The third kappa shape index (κ3) is 4.78. The average Bonchev–Trinajstić information content (AvgIpc) is 3.58. The number of aryl methyl sites for hydroxylation is 2. The molecule has 1 N–H and O–H groups in total. The number of hydrogen-bond donors (Lipinski definition) is 1. The average molecular weight is 579 g/mol. The normalized spacial score (nSPS) is 20.2. The van der Waals surface area contributed by atoms with Crippen LogP contribution >= 0.6 is 15.9 Å². The van der Waals surface area contributed by atoms with E-state index in [-0.39, 0.29) is 17.4 Å². The van der Waals surface area contributed by atoms with Gasteiger partial charge in [0.1, 0.15) is 11.9 Å². The maximum absolute atomic E-state index is 13.4. The van der Waals surface area contributed by atoms with Gasteiger partial charge in [0.2, 0.25) is 0 Å².